The Morgan fingerprint density at radius 1 is 1.19 bits per heavy atom. The standard InChI is InChI=1S/C18H26F2O/c1-4-17(2,3)13-8-10-18(21,11-9-13)12-14-15(19)6-5-7-16(14)20/h5-7,13,21H,4,8-12H2,1-3H3. The molecule has 1 aromatic rings. The van der Waals surface area contributed by atoms with E-state index in [1.807, 2.05) is 0 Å². The average Bonchev–Trinajstić information content (AvgIpc) is 2.44. The van der Waals surface area contributed by atoms with Gasteiger partial charge in [-0.25, -0.2) is 8.78 Å². The molecule has 1 aliphatic rings. The molecule has 3 heteroatoms. The maximum absolute atomic E-state index is 13.7. The molecule has 0 saturated heterocycles. The summed E-state index contributed by atoms with van der Waals surface area (Å²) in [7, 11) is 0. The van der Waals surface area contributed by atoms with Crippen molar-refractivity contribution in [1.82, 2.24) is 0 Å². The molecular weight excluding hydrogens is 270 g/mol. The van der Waals surface area contributed by atoms with Crippen molar-refractivity contribution in [3.63, 3.8) is 0 Å². The first kappa shape index (κ1) is 16.4. The molecule has 0 aromatic heterocycles. The number of benzene rings is 1. The molecule has 0 aliphatic heterocycles. The van der Waals surface area contributed by atoms with Gasteiger partial charge in [0.05, 0.1) is 5.60 Å². The first-order chi connectivity index (χ1) is 9.77. The molecule has 0 atom stereocenters. The predicted molar refractivity (Wildman–Crippen MR) is 81.0 cm³/mol. The van der Waals surface area contributed by atoms with Crippen LogP contribution in [0, 0.1) is 23.0 Å². The fourth-order valence-corrected chi connectivity index (χ4v) is 3.43. The summed E-state index contributed by atoms with van der Waals surface area (Å²) in [5, 5.41) is 10.7. The molecule has 1 fully saturated rings. The van der Waals surface area contributed by atoms with E-state index in [0.717, 1.165) is 19.3 Å². The molecule has 1 N–H and O–H groups in total. The van der Waals surface area contributed by atoms with Gasteiger partial charge in [0.1, 0.15) is 11.6 Å². The van der Waals surface area contributed by atoms with Crippen molar-refractivity contribution >= 4 is 0 Å². The molecule has 0 unspecified atom stereocenters. The van der Waals surface area contributed by atoms with Crippen LogP contribution in [0.2, 0.25) is 0 Å². The van der Waals surface area contributed by atoms with Crippen LogP contribution in [0.15, 0.2) is 18.2 Å². The SMILES string of the molecule is CCC(C)(C)C1CCC(O)(Cc2c(F)cccc2F)CC1. The fraction of sp³-hybridized carbons (Fsp3) is 0.667. The van der Waals surface area contributed by atoms with E-state index < -0.39 is 17.2 Å². The highest BCUT2D eigenvalue weighted by Crippen LogP contribution is 2.44. The summed E-state index contributed by atoms with van der Waals surface area (Å²) >= 11 is 0. The third-order valence-corrected chi connectivity index (χ3v) is 5.50. The lowest BCUT2D eigenvalue weighted by molar-refractivity contribution is -0.0286. The van der Waals surface area contributed by atoms with Crippen LogP contribution in [0.25, 0.3) is 0 Å². The second kappa shape index (κ2) is 6.04. The van der Waals surface area contributed by atoms with Gasteiger partial charge in [-0.05, 0) is 49.1 Å². The maximum Gasteiger partial charge on any atom is 0.129 e. The van der Waals surface area contributed by atoms with E-state index in [0.29, 0.717) is 18.8 Å². The molecule has 2 rings (SSSR count). The Balaban J connectivity index is 2.06. The number of hydrogen-bond donors (Lipinski definition) is 1. The summed E-state index contributed by atoms with van der Waals surface area (Å²) in [4.78, 5) is 0. The normalized spacial score (nSPS) is 26.9. The smallest absolute Gasteiger partial charge is 0.129 e. The van der Waals surface area contributed by atoms with Crippen molar-refractivity contribution in [3.8, 4) is 0 Å². The van der Waals surface area contributed by atoms with Gasteiger partial charge in [0, 0.05) is 12.0 Å². The Hall–Kier alpha value is -0.960. The topological polar surface area (TPSA) is 20.2 Å². The number of aliphatic hydroxyl groups is 1. The molecule has 0 spiro atoms. The van der Waals surface area contributed by atoms with Crippen molar-refractivity contribution in [3.05, 3.63) is 35.4 Å². The molecule has 118 valence electrons. The second-order valence-electron chi connectivity index (χ2n) is 7.22. The van der Waals surface area contributed by atoms with Crippen molar-refractivity contribution < 1.29 is 13.9 Å². The molecule has 0 radical (unpaired) electrons. The van der Waals surface area contributed by atoms with Crippen LogP contribution >= 0.6 is 0 Å². The lowest BCUT2D eigenvalue weighted by Crippen LogP contribution is -2.40. The van der Waals surface area contributed by atoms with Crippen LogP contribution in [0.3, 0.4) is 0 Å². The molecule has 1 saturated carbocycles. The van der Waals surface area contributed by atoms with Crippen molar-refractivity contribution in [2.45, 2.75) is 64.9 Å². The number of rotatable bonds is 4. The van der Waals surface area contributed by atoms with E-state index in [1.165, 1.54) is 18.2 Å². The number of halogens is 2. The van der Waals surface area contributed by atoms with Gasteiger partial charge < -0.3 is 5.11 Å². The van der Waals surface area contributed by atoms with Crippen molar-refractivity contribution in [2.75, 3.05) is 0 Å². The molecule has 0 heterocycles. The minimum Gasteiger partial charge on any atom is -0.390 e. The minimum absolute atomic E-state index is 0.0215. The van der Waals surface area contributed by atoms with Gasteiger partial charge in [0.25, 0.3) is 0 Å². The second-order valence-corrected chi connectivity index (χ2v) is 7.22. The summed E-state index contributed by atoms with van der Waals surface area (Å²) in [5.41, 5.74) is -0.679. The van der Waals surface area contributed by atoms with Gasteiger partial charge in [-0.15, -0.1) is 0 Å². The Morgan fingerprint density at radius 3 is 2.19 bits per heavy atom. The third kappa shape index (κ3) is 3.63. The van der Waals surface area contributed by atoms with Gasteiger partial charge in [-0.3, -0.25) is 0 Å². The molecule has 0 amide bonds. The Morgan fingerprint density at radius 2 is 1.71 bits per heavy atom. The lowest BCUT2D eigenvalue weighted by Gasteiger charge is -2.42. The minimum atomic E-state index is -0.969. The van der Waals surface area contributed by atoms with E-state index in [9.17, 15) is 13.9 Å². The average molecular weight is 296 g/mol. The summed E-state index contributed by atoms with van der Waals surface area (Å²) in [5.74, 6) is -0.535. The van der Waals surface area contributed by atoms with Crippen LogP contribution in [0.1, 0.15) is 58.4 Å². The molecule has 0 bridgehead atoms. The Bertz CT molecular complexity index is 468. The van der Waals surface area contributed by atoms with Crippen LogP contribution in [-0.2, 0) is 6.42 Å². The van der Waals surface area contributed by atoms with E-state index in [4.69, 9.17) is 0 Å². The van der Waals surface area contributed by atoms with Gasteiger partial charge in [0.2, 0.25) is 0 Å². The molecule has 1 aliphatic carbocycles. The first-order valence-electron chi connectivity index (χ1n) is 7.93. The van der Waals surface area contributed by atoms with E-state index >= 15 is 0 Å². The zero-order chi connectivity index (χ0) is 15.7. The van der Waals surface area contributed by atoms with E-state index in [1.54, 1.807) is 0 Å². The van der Waals surface area contributed by atoms with Crippen LogP contribution in [0.4, 0.5) is 8.78 Å². The van der Waals surface area contributed by atoms with Crippen LogP contribution in [0.5, 0.6) is 0 Å². The lowest BCUT2D eigenvalue weighted by atomic mass is 9.65. The summed E-state index contributed by atoms with van der Waals surface area (Å²) < 4.78 is 27.5. The molecule has 21 heavy (non-hydrogen) atoms. The molecule has 1 aromatic carbocycles. The highest BCUT2D eigenvalue weighted by Gasteiger charge is 2.39. The Labute approximate surface area is 126 Å². The summed E-state index contributed by atoms with van der Waals surface area (Å²) in [6.07, 6.45) is 4.27. The van der Waals surface area contributed by atoms with E-state index in [2.05, 4.69) is 20.8 Å². The third-order valence-electron chi connectivity index (χ3n) is 5.50. The molecular formula is C18H26F2O. The summed E-state index contributed by atoms with van der Waals surface area (Å²) in [6.45, 7) is 6.71. The zero-order valence-corrected chi connectivity index (χ0v) is 13.3. The maximum atomic E-state index is 13.7. The molecule has 1 nitrogen and oxygen atoms in total. The highest BCUT2D eigenvalue weighted by molar-refractivity contribution is 5.22. The van der Waals surface area contributed by atoms with E-state index in [-0.39, 0.29) is 17.4 Å². The zero-order valence-electron chi connectivity index (χ0n) is 13.3. The quantitative estimate of drug-likeness (QED) is 0.841. The predicted octanol–water partition coefficient (Wildman–Crippen LogP) is 4.86. The van der Waals surface area contributed by atoms with Gasteiger partial charge in [0.15, 0.2) is 0 Å². The van der Waals surface area contributed by atoms with Gasteiger partial charge >= 0.3 is 0 Å². The van der Waals surface area contributed by atoms with Gasteiger partial charge in [-0.2, -0.15) is 0 Å². The first-order valence-corrected chi connectivity index (χ1v) is 7.93. The largest absolute Gasteiger partial charge is 0.390 e. The fourth-order valence-electron chi connectivity index (χ4n) is 3.43. The summed E-state index contributed by atoms with van der Waals surface area (Å²) in [6, 6.07) is 3.88. The number of hydrogen-bond acceptors (Lipinski definition) is 1. The highest BCUT2D eigenvalue weighted by atomic mass is 19.1. The van der Waals surface area contributed by atoms with Crippen molar-refractivity contribution in [2.24, 2.45) is 11.3 Å². The van der Waals surface area contributed by atoms with Crippen LogP contribution in [-0.4, -0.2) is 10.7 Å². The van der Waals surface area contributed by atoms with Crippen LogP contribution < -0.4 is 0 Å². The Kier molecular flexibility index (Phi) is 4.72. The monoisotopic (exact) mass is 296 g/mol. The van der Waals surface area contributed by atoms with Gasteiger partial charge in [-0.1, -0.05) is 33.3 Å². The van der Waals surface area contributed by atoms with Crippen molar-refractivity contribution in [1.29, 1.82) is 0 Å².